The molecule has 4 rings (SSSR count). The lowest BCUT2D eigenvalue weighted by Crippen LogP contribution is -2.24. The van der Waals surface area contributed by atoms with Gasteiger partial charge in [0.15, 0.2) is 16.8 Å². The highest BCUT2D eigenvalue weighted by atomic mass is 32.2. The third kappa shape index (κ3) is 3.46. The monoisotopic (exact) mass is 405 g/mol. The second kappa shape index (κ2) is 7.48. The molecule has 0 saturated carbocycles. The molecule has 7 heteroatoms. The maximum absolute atomic E-state index is 12.8. The van der Waals surface area contributed by atoms with E-state index in [1.165, 1.54) is 17.3 Å². The first kappa shape index (κ1) is 19.4. The van der Waals surface area contributed by atoms with Gasteiger partial charge in [-0.15, -0.1) is 10.2 Å². The number of thioether (sulfide) groups is 1. The molecule has 3 aromatic rings. The van der Waals surface area contributed by atoms with Crippen molar-refractivity contribution in [2.24, 2.45) is 7.05 Å². The van der Waals surface area contributed by atoms with Crippen molar-refractivity contribution in [3.63, 3.8) is 0 Å². The van der Waals surface area contributed by atoms with E-state index in [0.29, 0.717) is 10.9 Å². The minimum absolute atomic E-state index is 0.0589. The van der Waals surface area contributed by atoms with Crippen molar-refractivity contribution in [1.29, 1.82) is 0 Å². The number of anilines is 1. The molecular weight excluding hydrogens is 382 g/mol. The third-order valence-corrected chi connectivity index (χ3v) is 6.38. The van der Waals surface area contributed by atoms with Crippen LogP contribution >= 0.6 is 11.8 Å². The summed E-state index contributed by atoms with van der Waals surface area (Å²) in [5.41, 5.74) is 4.10. The number of fused-ring (bicyclic) bond motifs is 1. The number of pyridine rings is 1. The van der Waals surface area contributed by atoms with Crippen LogP contribution in [0.2, 0.25) is 0 Å². The van der Waals surface area contributed by atoms with Gasteiger partial charge in [-0.2, -0.15) is 0 Å². The number of carbonyl (C=O) groups is 1. The first-order valence-electron chi connectivity index (χ1n) is 9.40. The van der Waals surface area contributed by atoms with Gasteiger partial charge in [-0.05, 0) is 23.8 Å². The summed E-state index contributed by atoms with van der Waals surface area (Å²) in [5.74, 6) is 1.10. The molecule has 0 saturated heterocycles. The Morgan fingerprint density at radius 2 is 1.93 bits per heavy atom. The second-order valence-corrected chi connectivity index (χ2v) is 8.54. The summed E-state index contributed by atoms with van der Waals surface area (Å²) >= 11 is 1.40. The molecule has 2 aromatic heterocycles. The Labute approximate surface area is 174 Å². The summed E-state index contributed by atoms with van der Waals surface area (Å²) in [6, 6.07) is 12.1. The molecule has 0 bridgehead atoms. The van der Waals surface area contributed by atoms with Crippen LogP contribution in [0.3, 0.4) is 0 Å². The Morgan fingerprint density at radius 1 is 1.14 bits per heavy atom. The van der Waals surface area contributed by atoms with Gasteiger partial charge in [0.1, 0.15) is 0 Å². The van der Waals surface area contributed by atoms with Crippen molar-refractivity contribution in [2.45, 2.75) is 24.4 Å². The standard InChI is InChI=1S/C22H23N5OS/c1-22(2)17-9-5-6-10-18(17)26(3)19(22)12-16(28)14-29-21-25-24-20(27(21)4)15-8-7-11-23-13-15/h5-13H,14H2,1-4H3/b19-12-. The van der Waals surface area contributed by atoms with Gasteiger partial charge in [0.25, 0.3) is 0 Å². The lowest BCUT2D eigenvalue weighted by Gasteiger charge is -2.23. The van der Waals surface area contributed by atoms with Crippen LogP contribution in [-0.2, 0) is 17.3 Å². The molecule has 0 fully saturated rings. The van der Waals surface area contributed by atoms with Gasteiger partial charge in [-0.3, -0.25) is 9.78 Å². The van der Waals surface area contributed by atoms with Gasteiger partial charge in [0.2, 0.25) is 0 Å². The molecule has 0 atom stereocenters. The SMILES string of the molecule is CN1/C(=C\C(=O)CSc2nnc(-c3cccnc3)n2C)C(C)(C)c2ccccc21. The molecule has 0 unspecified atom stereocenters. The highest BCUT2D eigenvalue weighted by Crippen LogP contribution is 2.46. The number of ketones is 1. The van der Waals surface area contributed by atoms with Gasteiger partial charge in [0.05, 0.1) is 5.75 Å². The van der Waals surface area contributed by atoms with Crippen molar-refractivity contribution >= 4 is 23.2 Å². The van der Waals surface area contributed by atoms with Crippen LogP contribution in [0.25, 0.3) is 11.4 Å². The summed E-state index contributed by atoms with van der Waals surface area (Å²) in [7, 11) is 3.92. The van der Waals surface area contributed by atoms with E-state index in [-0.39, 0.29) is 11.2 Å². The topological polar surface area (TPSA) is 63.9 Å². The fraction of sp³-hybridized carbons (Fsp3) is 0.273. The summed E-state index contributed by atoms with van der Waals surface area (Å²) in [5, 5.41) is 9.19. The van der Waals surface area contributed by atoms with Crippen LogP contribution in [0, 0.1) is 0 Å². The number of rotatable bonds is 5. The zero-order valence-corrected chi connectivity index (χ0v) is 17.8. The lowest BCUT2D eigenvalue weighted by atomic mass is 9.83. The van der Waals surface area contributed by atoms with E-state index < -0.39 is 0 Å². The molecular formula is C22H23N5OS. The number of allylic oxidation sites excluding steroid dienone is 2. The number of para-hydroxylation sites is 1. The lowest BCUT2D eigenvalue weighted by molar-refractivity contribution is -0.112. The zero-order valence-electron chi connectivity index (χ0n) is 17.0. The van der Waals surface area contributed by atoms with Crippen molar-refractivity contribution in [2.75, 3.05) is 17.7 Å². The number of likely N-dealkylation sites (N-methyl/N-ethyl adjacent to an activating group) is 1. The van der Waals surface area contributed by atoms with E-state index in [0.717, 1.165) is 22.8 Å². The first-order valence-corrected chi connectivity index (χ1v) is 10.4. The number of hydrogen-bond donors (Lipinski definition) is 0. The Kier molecular flexibility index (Phi) is 5.00. The number of carbonyl (C=O) groups excluding carboxylic acids is 1. The molecule has 29 heavy (non-hydrogen) atoms. The molecule has 0 spiro atoms. The predicted octanol–water partition coefficient (Wildman–Crippen LogP) is 3.85. The van der Waals surface area contributed by atoms with E-state index in [9.17, 15) is 4.79 Å². The molecule has 0 radical (unpaired) electrons. The van der Waals surface area contributed by atoms with Gasteiger partial charge in [0, 0.05) is 54.9 Å². The van der Waals surface area contributed by atoms with Crippen LogP contribution in [0.4, 0.5) is 5.69 Å². The molecule has 0 aliphatic carbocycles. The van der Waals surface area contributed by atoms with Crippen molar-refractivity contribution < 1.29 is 4.79 Å². The maximum atomic E-state index is 12.8. The highest BCUT2D eigenvalue weighted by molar-refractivity contribution is 7.99. The number of aromatic nitrogens is 4. The second-order valence-electron chi connectivity index (χ2n) is 7.59. The predicted molar refractivity (Wildman–Crippen MR) is 116 cm³/mol. The molecule has 6 nitrogen and oxygen atoms in total. The van der Waals surface area contributed by atoms with Crippen molar-refractivity contribution in [1.82, 2.24) is 19.7 Å². The van der Waals surface area contributed by atoms with Gasteiger partial charge < -0.3 is 9.47 Å². The van der Waals surface area contributed by atoms with Crippen molar-refractivity contribution in [3.8, 4) is 11.4 Å². The van der Waals surface area contributed by atoms with Gasteiger partial charge >= 0.3 is 0 Å². The largest absolute Gasteiger partial charge is 0.347 e. The van der Waals surface area contributed by atoms with Gasteiger partial charge in [-0.1, -0.05) is 43.8 Å². The molecule has 0 amide bonds. The quantitative estimate of drug-likeness (QED) is 0.475. The average molecular weight is 406 g/mol. The number of benzene rings is 1. The van der Waals surface area contributed by atoms with E-state index in [1.807, 2.05) is 42.9 Å². The third-order valence-electron chi connectivity index (χ3n) is 5.34. The molecule has 1 aliphatic heterocycles. The van der Waals surface area contributed by atoms with Crippen LogP contribution in [0.15, 0.2) is 65.7 Å². The summed E-state index contributed by atoms with van der Waals surface area (Å²) in [6.07, 6.45) is 5.25. The molecule has 0 N–H and O–H groups in total. The van der Waals surface area contributed by atoms with E-state index in [4.69, 9.17) is 0 Å². The molecule has 1 aromatic carbocycles. The Hall–Kier alpha value is -2.93. The normalized spacial score (nSPS) is 16.3. The summed E-state index contributed by atoms with van der Waals surface area (Å²) < 4.78 is 1.89. The van der Waals surface area contributed by atoms with Crippen LogP contribution in [-0.4, -0.2) is 38.3 Å². The smallest absolute Gasteiger partial charge is 0.191 e. The van der Waals surface area contributed by atoms with Gasteiger partial charge in [-0.25, -0.2) is 0 Å². The average Bonchev–Trinajstić information content (AvgIpc) is 3.18. The molecule has 1 aliphatic rings. The summed E-state index contributed by atoms with van der Waals surface area (Å²) in [4.78, 5) is 19.0. The minimum Gasteiger partial charge on any atom is -0.347 e. The molecule has 148 valence electrons. The molecule has 3 heterocycles. The van der Waals surface area contributed by atoms with E-state index in [1.54, 1.807) is 18.5 Å². The number of nitrogens with zero attached hydrogens (tertiary/aromatic N) is 5. The van der Waals surface area contributed by atoms with Crippen molar-refractivity contribution in [3.05, 3.63) is 66.1 Å². The Morgan fingerprint density at radius 3 is 2.66 bits per heavy atom. The Balaban J connectivity index is 1.50. The van der Waals surface area contributed by atoms with Crippen LogP contribution in [0.5, 0.6) is 0 Å². The van der Waals surface area contributed by atoms with E-state index in [2.05, 4.69) is 46.1 Å². The minimum atomic E-state index is -0.204. The fourth-order valence-electron chi connectivity index (χ4n) is 3.78. The van der Waals surface area contributed by atoms with Crippen LogP contribution < -0.4 is 4.90 Å². The summed E-state index contributed by atoms with van der Waals surface area (Å²) in [6.45, 7) is 4.31. The first-order chi connectivity index (χ1) is 13.9. The number of hydrogen-bond acceptors (Lipinski definition) is 6. The van der Waals surface area contributed by atoms with E-state index >= 15 is 0 Å². The highest BCUT2D eigenvalue weighted by Gasteiger charge is 2.38. The Bertz CT molecular complexity index is 1090. The maximum Gasteiger partial charge on any atom is 0.191 e. The van der Waals surface area contributed by atoms with Crippen LogP contribution in [0.1, 0.15) is 19.4 Å². The zero-order chi connectivity index (χ0) is 20.6. The fourth-order valence-corrected chi connectivity index (χ4v) is 4.51.